The van der Waals surface area contributed by atoms with Crippen molar-refractivity contribution in [3.05, 3.63) is 65.0 Å². The van der Waals surface area contributed by atoms with Crippen LogP contribution >= 0.6 is 11.6 Å². The van der Waals surface area contributed by atoms with Gasteiger partial charge in [-0.2, -0.15) is 18.4 Å². The highest BCUT2D eigenvalue weighted by atomic mass is 35.5. The summed E-state index contributed by atoms with van der Waals surface area (Å²) in [4.78, 5) is 20.1. The molecule has 0 saturated carbocycles. The third kappa shape index (κ3) is 5.02. The van der Waals surface area contributed by atoms with Gasteiger partial charge in [0.05, 0.1) is 23.1 Å². The molecule has 0 N–H and O–H groups in total. The molecule has 0 aliphatic carbocycles. The molecule has 2 aromatic heterocycles. The molecule has 0 bridgehead atoms. The highest BCUT2D eigenvalue weighted by Crippen LogP contribution is 2.33. The minimum atomic E-state index is -4.51. The Hall–Kier alpha value is -3.51. The molecule has 10 heteroatoms. The first kappa shape index (κ1) is 23.6. The Labute approximate surface area is 199 Å². The van der Waals surface area contributed by atoms with E-state index in [1.54, 1.807) is 15.9 Å². The number of alkyl halides is 3. The van der Waals surface area contributed by atoms with Gasteiger partial charge >= 0.3 is 6.18 Å². The topological polar surface area (TPSA) is 65.2 Å². The van der Waals surface area contributed by atoms with Crippen molar-refractivity contribution < 1.29 is 18.0 Å². The number of aryl methyl sites for hydroxylation is 1. The maximum Gasteiger partial charge on any atom is 0.417 e. The molecule has 1 aliphatic rings. The molecular formula is C24H21ClF3N5O. The van der Waals surface area contributed by atoms with Crippen molar-refractivity contribution in [1.82, 2.24) is 14.5 Å². The molecule has 0 unspecified atom stereocenters. The first-order valence-electron chi connectivity index (χ1n) is 10.7. The number of pyridine rings is 1. The van der Waals surface area contributed by atoms with E-state index in [4.69, 9.17) is 16.9 Å². The van der Waals surface area contributed by atoms with Crippen LogP contribution in [0.1, 0.15) is 17.5 Å². The van der Waals surface area contributed by atoms with Crippen molar-refractivity contribution >= 4 is 40.3 Å². The van der Waals surface area contributed by atoms with E-state index >= 15 is 0 Å². The smallest absolute Gasteiger partial charge is 0.352 e. The Bertz CT molecular complexity index is 1270. The number of benzene rings is 1. The van der Waals surface area contributed by atoms with Gasteiger partial charge in [-0.15, -0.1) is 0 Å². The number of carbonyl (C=O) groups is 1. The number of fused-ring (bicyclic) bond motifs is 1. The number of aromatic nitrogens is 2. The quantitative estimate of drug-likeness (QED) is 0.476. The van der Waals surface area contributed by atoms with Gasteiger partial charge in [-0.1, -0.05) is 29.8 Å². The summed E-state index contributed by atoms with van der Waals surface area (Å²) in [5, 5.41) is 9.82. The zero-order valence-electron chi connectivity index (χ0n) is 18.1. The van der Waals surface area contributed by atoms with Crippen LogP contribution in [0.4, 0.5) is 19.0 Å². The van der Waals surface area contributed by atoms with E-state index in [1.807, 2.05) is 35.0 Å². The van der Waals surface area contributed by atoms with Crippen molar-refractivity contribution in [1.29, 1.82) is 5.26 Å². The largest absolute Gasteiger partial charge is 0.417 e. The third-order valence-corrected chi connectivity index (χ3v) is 6.01. The first-order chi connectivity index (χ1) is 16.3. The van der Waals surface area contributed by atoms with Crippen LogP contribution in [0.5, 0.6) is 0 Å². The normalized spacial score (nSPS) is 14.7. The van der Waals surface area contributed by atoms with Crippen molar-refractivity contribution in [2.45, 2.75) is 19.1 Å². The average Bonchev–Trinajstić information content (AvgIpc) is 3.18. The Morgan fingerprint density at radius 2 is 1.94 bits per heavy atom. The molecule has 3 aromatic rings. The predicted molar refractivity (Wildman–Crippen MR) is 124 cm³/mol. The van der Waals surface area contributed by atoms with Gasteiger partial charge in [-0.25, -0.2) is 4.98 Å². The number of nitriles is 1. The number of rotatable bonds is 5. The summed E-state index contributed by atoms with van der Waals surface area (Å²) in [5.41, 5.74) is 0.995. The van der Waals surface area contributed by atoms with Crippen molar-refractivity contribution in [3.8, 4) is 6.07 Å². The number of halogens is 4. The summed E-state index contributed by atoms with van der Waals surface area (Å²) in [6.07, 6.45) is 1.89. The highest BCUT2D eigenvalue weighted by molar-refractivity contribution is 6.33. The molecule has 1 amide bonds. The minimum absolute atomic E-state index is 0.0673. The average molecular weight is 488 g/mol. The zero-order valence-corrected chi connectivity index (χ0v) is 18.9. The van der Waals surface area contributed by atoms with Gasteiger partial charge in [0.15, 0.2) is 0 Å². The van der Waals surface area contributed by atoms with Gasteiger partial charge in [0.1, 0.15) is 5.82 Å². The molecule has 1 fully saturated rings. The number of anilines is 1. The lowest BCUT2D eigenvalue weighted by molar-refractivity contribution is -0.137. The zero-order chi connectivity index (χ0) is 24.3. The maximum atomic E-state index is 12.8. The van der Waals surface area contributed by atoms with Crippen LogP contribution in [-0.4, -0.2) is 46.5 Å². The second kappa shape index (κ2) is 9.77. The fraction of sp³-hybridized carbons (Fsp3) is 0.292. The number of hydrogen-bond donors (Lipinski definition) is 0. The van der Waals surface area contributed by atoms with Gasteiger partial charge in [0.2, 0.25) is 5.91 Å². The van der Waals surface area contributed by atoms with Crippen LogP contribution in [-0.2, 0) is 17.5 Å². The van der Waals surface area contributed by atoms with Crippen LogP contribution in [0.3, 0.4) is 0 Å². The fourth-order valence-corrected chi connectivity index (χ4v) is 4.27. The third-order valence-electron chi connectivity index (χ3n) is 5.73. The number of piperazine rings is 1. The second-order valence-corrected chi connectivity index (χ2v) is 8.28. The van der Waals surface area contributed by atoms with Crippen LogP contribution in [0.2, 0.25) is 5.02 Å². The lowest BCUT2D eigenvalue weighted by atomic mass is 10.1. The van der Waals surface area contributed by atoms with Crippen LogP contribution < -0.4 is 4.90 Å². The van der Waals surface area contributed by atoms with Crippen molar-refractivity contribution in [2.75, 3.05) is 31.1 Å². The van der Waals surface area contributed by atoms with Crippen molar-refractivity contribution in [3.63, 3.8) is 0 Å². The molecule has 176 valence electrons. The van der Waals surface area contributed by atoms with E-state index < -0.39 is 11.7 Å². The second-order valence-electron chi connectivity index (χ2n) is 7.88. The first-order valence-corrected chi connectivity index (χ1v) is 11.0. The van der Waals surface area contributed by atoms with E-state index in [0.717, 1.165) is 28.7 Å². The number of amides is 1. The molecule has 1 saturated heterocycles. The number of para-hydroxylation sites is 1. The van der Waals surface area contributed by atoms with Gasteiger partial charge in [0.25, 0.3) is 0 Å². The molecule has 34 heavy (non-hydrogen) atoms. The van der Waals surface area contributed by atoms with Crippen LogP contribution in [0, 0.1) is 11.3 Å². The summed E-state index contributed by atoms with van der Waals surface area (Å²) in [5.74, 6) is 0.127. The molecule has 1 aromatic carbocycles. The summed E-state index contributed by atoms with van der Waals surface area (Å²) in [6.45, 7) is 2.18. The van der Waals surface area contributed by atoms with Gasteiger partial charge in [0, 0.05) is 67.7 Å². The van der Waals surface area contributed by atoms with Crippen molar-refractivity contribution in [2.24, 2.45) is 0 Å². The van der Waals surface area contributed by atoms with E-state index in [-0.39, 0.29) is 16.7 Å². The Kier molecular flexibility index (Phi) is 6.80. The number of hydrogen-bond acceptors (Lipinski definition) is 4. The fourth-order valence-electron chi connectivity index (χ4n) is 3.99. The number of nitrogens with zero attached hydrogens (tertiary/aromatic N) is 5. The Morgan fingerprint density at radius 3 is 2.62 bits per heavy atom. The molecule has 1 aliphatic heterocycles. The standard InChI is InChI=1S/C24H21ClF3N5O/c25-20-14-18(24(26,27)28)15-30-23(20)32-12-10-31(11-13-32)22(34)7-6-17-16-33(9-3-8-29)21-5-2-1-4-19(17)21/h1-2,4-7,14-16H,3,9-13H2. The molecule has 3 heterocycles. The summed E-state index contributed by atoms with van der Waals surface area (Å²) in [7, 11) is 0. The minimum Gasteiger partial charge on any atom is -0.352 e. The number of carbonyl (C=O) groups excluding carboxylic acids is 1. The molecule has 4 rings (SSSR count). The Balaban J connectivity index is 1.41. The van der Waals surface area contributed by atoms with Crippen LogP contribution in [0.15, 0.2) is 48.8 Å². The van der Waals surface area contributed by atoms with E-state index in [0.29, 0.717) is 39.1 Å². The predicted octanol–water partition coefficient (Wildman–Crippen LogP) is 4.98. The summed E-state index contributed by atoms with van der Waals surface area (Å²) >= 11 is 6.05. The van der Waals surface area contributed by atoms with E-state index in [9.17, 15) is 18.0 Å². The van der Waals surface area contributed by atoms with Gasteiger partial charge < -0.3 is 14.4 Å². The summed E-state index contributed by atoms with van der Waals surface area (Å²) < 4.78 is 40.5. The van der Waals surface area contributed by atoms with Gasteiger partial charge in [-0.3, -0.25) is 4.79 Å². The SMILES string of the molecule is N#CCCn1cc(C=CC(=O)N2CCN(c3ncc(C(F)(F)F)cc3Cl)CC2)c2ccccc21. The van der Waals surface area contributed by atoms with E-state index in [1.165, 1.54) is 6.08 Å². The molecule has 0 radical (unpaired) electrons. The molecule has 0 spiro atoms. The van der Waals surface area contributed by atoms with Crippen LogP contribution in [0.25, 0.3) is 17.0 Å². The lowest BCUT2D eigenvalue weighted by Crippen LogP contribution is -2.48. The lowest BCUT2D eigenvalue weighted by Gasteiger charge is -2.35. The van der Waals surface area contributed by atoms with E-state index in [2.05, 4.69) is 11.1 Å². The molecular weight excluding hydrogens is 467 g/mol. The Morgan fingerprint density at radius 1 is 1.21 bits per heavy atom. The summed E-state index contributed by atoms with van der Waals surface area (Å²) in [6, 6.07) is 10.8. The van der Waals surface area contributed by atoms with Gasteiger partial charge in [-0.05, 0) is 18.2 Å². The highest BCUT2D eigenvalue weighted by Gasteiger charge is 2.32. The monoisotopic (exact) mass is 487 g/mol. The maximum absolute atomic E-state index is 12.8. The molecule has 0 atom stereocenters. The molecule has 6 nitrogen and oxygen atoms in total.